The van der Waals surface area contributed by atoms with Gasteiger partial charge in [-0.05, 0) is 87.2 Å². The summed E-state index contributed by atoms with van der Waals surface area (Å²) in [4.78, 5) is 18.0. The summed E-state index contributed by atoms with van der Waals surface area (Å²) in [5, 5.41) is 22.3. The van der Waals surface area contributed by atoms with Gasteiger partial charge in [-0.15, -0.1) is 6.42 Å². The summed E-state index contributed by atoms with van der Waals surface area (Å²) in [5.41, 5.74) is -0.679. The van der Waals surface area contributed by atoms with E-state index >= 15 is 4.39 Å². The first-order valence-corrected chi connectivity index (χ1v) is 18.4. The number of aliphatic hydroxyl groups is 1. The number of allylic oxidation sites excluding steroid dienone is 2. The standard InChI is InChI=1S/C41H49F2N5O4/c1-6-29-32(42)11-10-26-17-28(49)18-30(34(26)29)36-35(43)37(31(20-45-36)38(44-5)48-15-16-51-23-40(4,50)22-48)46-25-52-24-41-12-7-9-33(41)47(14-8-13-41)21-27-19-39(27,2)3/h1,10-11,17-18,20,27,33,49-50H,5,7-9,12-16,19,21-25H2,2-4H3/b38-31+,46-37+. The van der Waals surface area contributed by atoms with E-state index in [2.05, 4.69) is 41.4 Å². The van der Waals surface area contributed by atoms with Crippen LogP contribution in [0.3, 0.4) is 0 Å². The summed E-state index contributed by atoms with van der Waals surface area (Å²) < 4.78 is 44.1. The lowest BCUT2D eigenvalue weighted by Crippen LogP contribution is -2.52. The maximum absolute atomic E-state index is 17.1. The average Bonchev–Trinajstić information content (AvgIpc) is 3.54. The smallest absolute Gasteiger partial charge is 0.175 e. The fourth-order valence-electron chi connectivity index (χ4n) is 9.04. The van der Waals surface area contributed by atoms with Gasteiger partial charge in [-0.2, -0.15) is 0 Å². The van der Waals surface area contributed by atoms with Gasteiger partial charge >= 0.3 is 0 Å². The van der Waals surface area contributed by atoms with E-state index in [0.717, 1.165) is 51.1 Å². The van der Waals surface area contributed by atoms with Gasteiger partial charge in [0.2, 0.25) is 0 Å². The molecular formula is C41H49F2N5O4. The highest BCUT2D eigenvalue weighted by molar-refractivity contribution is 6.29. The van der Waals surface area contributed by atoms with Crippen molar-refractivity contribution in [2.45, 2.75) is 70.9 Å². The third-order valence-corrected chi connectivity index (χ3v) is 11.9. The molecule has 2 aliphatic carbocycles. The fraction of sp³-hybridized carbons (Fsp3) is 0.537. The summed E-state index contributed by atoms with van der Waals surface area (Å²) >= 11 is 0. The second-order valence-corrected chi connectivity index (χ2v) is 16.2. The van der Waals surface area contributed by atoms with E-state index in [-0.39, 0.29) is 70.4 Å². The Labute approximate surface area is 304 Å². The van der Waals surface area contributed by atoms with Crippen LogP contribution in [0.15, 0.2) is 56.5 Å². The number of benzene rings is 2. The Morgan fingerprint density at radius 1 is 1.19 bits per heavy atom. The van der Waals surface area contributed by atoms with E-state index in [1.807, 2.05) is 0 Å². The van der Waals surface area contributed by atoms with Crippen LogP contribution in [0.2, 0.25) is 0 Å². The van der Waals surface area contributed by atoms with Crippen LogP contribution < -0.4 is 0 Å². The topological polar surface area (TPSA) is 102 Å². The largest absolute Gasteiger partial charge is 0.508 e. The van der Waals surface area contributed by atoms with E-state index in [1.165, 1.54) is 36.9 Å². The minimum Gasteiger partial charge on any atom is -0.508 e. The van der Waals surface area contributed by atoms with E-state index < -0.39 is 17.2 Å². The van der Waals surface area contributed by atoms with Crippen molar-refractivity contribution in [2.75, 3.05) is 52.7 Å². The van der Waals surface area contributed by atoms with Crippen LogP contribution in [0.5, 0.6) is 5.75 Å². The number of likely N-dealkylation sites (tertiary alicyclic amines) is 1. The number of aliphatic imine (C=N–C) groups is 3. The van der Waals surface area contributed by atoms with Gasteiger partial charge in [0.05, 0.1) is 37.5 Å². The summed E-state index contributed by atoms with van der Waals surface area (Å²) in [6.45, 7) is 13.8. The third kappa shape index (κ3) is 6.94. The molecule has 9 nitrogen and oxygen atoms in total. The number of β-amino-alcohol motifs (C(OH)–C–C–N with tert-alkyl or cyclic N) is 1. The van der Waals surface area contributed by atoms with Gasteiger partial charge in [0.15, 0.2) is 5.83 Å². The molecule has 52 heavy (non-hydrogen) atoms. The lowest BCUT2D eigenvalue weighted by molar-refractivity contribution is -0.0356. The Morgan fingerprint density at radius 3 is 2.73 bits per heavy atom. The molecule has 276 valence electrons. The van der Waals surface area contributed by atoms with E-state index in [1.54, 1.807) is 11.8 Å². The highest BCUT2D eigenvalue weighted by Gasteiger charge is 2.52. The number of hydrogen-bond acceptors (Lipinski definition) is 9. The van der Waals surface area contributed by atoms with Crippen molar-refractivity contribution in [3.63, 3.8) is 0 Å². The molecule has 0 amide bonds. The molecule has 2 aromatic rings. The number of phenolic OH excluding ortho intramolecular Hbond substituents is 1. The number of aromatic hydroxyl groups is 1. The van der Waals surface area contributed by atoms with Gasteiger partial charge in [-0.1, -0.05) is 32.3 Å². The number of phenols is 1. The molecule has 0 radical (unpaired) electrons. The quantitative estimate of drug-likeness (QED) is 0.175. The van der Waals surface area contributed by atoms with Crippen molar-refractivity contribution in [2.24, 2.45) is 31.7 Å². The zero-order chi connectivity index (χ0) is 36.8. The molecular weight excluding hydrogens is 664 g/mol. The number of terminal acetylenes is 1. The number of fused-ring (bicyclic) bond motifs is 2. The molecule has 4 atom stereocenters. The summed E-state index contributed by atoms with van der Waals surface area (Å²) in [5.74, 6) is 1.78. The molecule has 11 heteroatoms. The van der Waals surface area contributed by atoms with Crippen molar-refractivity contribution >= 4 is 35.1 Å². The Balaban J connectivity index is 1.24. The van der Waals surface area contributed by atoms with Crippen molar-refractivity contribution in [1.82, 2.24) is 9.80 Å². The Kier molecular flexibility index (Phi) is 9.89. The number of piperidine rings is 1. The summed E-state index contributed by atoms with van der Waals surface area (Å²) in [7, 11) is 0. The molecule has 5 aliphatic rings. The molecule has 2 saturated carbocycles. The third-order valence-electron chi connectivity index (χ3n) is 11.9. The highest BCUT2D eigenvalue weighted by Crippen LogP contribution is 2.54. The molecule has 7 rings (SSSR count). The SMILES string of the molecule is C#Cc1c(F)ccc2cc(O)cc(C3=C(F)C(=N/COCC45CCCC4N(CC4CC4(C)C)CCC5)/C(=C(\N=C)N4CCOCC(C)(O)C4)C=N3)c12. The van der Waals surface area contributed by atoms with Gasteiger partial charge in [-0.3, -0.25) is 14.9 Å². The van der Waals surface area contributed by atoms with Crippen LogP contribution in [-0.4, -0.2) is 103 Å². The first kappa shape index (κ1) is 36.4. The molecule has 2 N–H and O–H groups in total. The summed E-state index contributed by atoms with van der Waals surface area (Å²) in [6, 6.07) is 5.93. The molecule has 2 saturated heterocycles. The molecule has 0 spiro atoms. The predicted molar refractivity (Wildman–Crippen MR) is 201 cm³/mol. The van der Waals surface area contributed by atoms with Crippen LogP contribution in [0.25, 0.3) is 16.5 Å². The molecule has 2 aromatic carbocycles. The van der Waals surface area contributed by atoms with Crippen LogP contribution >= 0.6 is 0 Å². The van der Waals surface area contributed by atoms with Crippen LogP contribution in [-0.2, 0) is 9.47 Å². The Bertz CT molecular complexity index is 1930. The maximum atomic E-state index is 17.1. The molecule has 0 bridgehead atoms. The van der Waals surface area contributed by atoms with Crippen LogP contribution in [0, 0.1) is 34.9 Å². The lowest BCUT2D eigenvalue weighted by atomic mass is 9.75. The predicted octanol–water partition coefficient (Wildman–Crippen LogP) is 6.48. The Morgan fingerprint density at radius 2 is 1.98 bits per heavy atom. The number of ether oxygens (including phenoxy) is 2. The zero-order valence-electron chi connectivity index (χ0n) is 30.4. The lowest BCUT2D eigenvalue weighted by Gasteiger charge is -2.46. The number of nitrogens with zero attached hydrogens (tertiary/aromatic N) is 5. The first-order valence-electron chi connectivity index (χ1n) is 18.4. The zero-order valence-corrected chi connectivity index (χ0v) is 30.4. The van der Waals surface area contributed by atoms with E-state index in [9.17, 15) is 14.6 Å². The van der Waals surface area contributed by atoms with Crippen LogP contribution in [0.4, 0.5) is 8.78 Å². The van der Waals surface area contributed by atoms with Crippen LogP contribution in [0.1, 0.15) is 70.4 Å². The second kappa shape index (κ2) is 14.1. The van der Waals surface area contributed by atoms with E-state index in [4.69, 9.17) is 20.9 Å². The molecule has 4 fully saturated rings. The maximum Gasteiger partial charge on any atom is 0.175 e. The van der Waals surface area contributed by atoms with Gasteiger partial charge < -0.3 is 24.6 Å². The number of hydrogen-bond donors (Lipinski definition) is 2. The van der Waals surface area contributed by atoms with Crippen molar-refractivity contribution in [3.8, 4) is 18.1 Å². The van der Waals surface area contributed by atoms with Crippen molar-refractivity contribution < 1.29 is 28.5 Å². The second-order valence-electron chi connectivity index (χ2n) is 16.2. The Hall–Kier alpha value is -3.95. The summed E-state index contributed by atoms with van der Waals surface area (Å²) in [6.07, 6.45) is 14.1. The van der Waals surface area contributed by atoms with E-state index in [0.29, 0.717) is 36.6 Å². The minimum absolute atomic E-state index is 0.0331. The van der Waals surface area contributed by atoms with Gasteiger partial charge in [-0.25, -0.2) is 13.8 Å². The fourth-order valence-corrected chi connectivity index (χ4v) is 9.04. The minimum atomic E-state index is -1.20. The highest BCUT2D eigenvalue weighted by atomic mass is 19.1. The normalized spacial score (nSPS) is 30.7. The van der Waals surface area contributed by atoms with Gasteiger partial charge in [0.1, 0.15) is 41.1 Å². The van der Waals surface area contributed by atoms with Gasteiger partial charge in [0, 0.05) is 41.7 Å². The molecule has 3 heterocycles. The number of rotatable bonds is 9. The van der Waals surface area contributed by atoms with Gasteiger partial charge in [0.25, 0.3) is 0 Å². The average molecular weight is 714 g/mol. The number of halogens is 2. The van der Waals surface area contributed by atoms with Crippen molar-refractivity contribution in [1.29, 1.82) is 0 Å². The first-order chi connectivity index (χ1) is 24.9. The molecule has 0 aromatic heterocycles. The monoisotopic (exact) mass is 713 g/mol. The molecule has 4 unspecified atom stereocenters. The van der Waals surface area contributed by atoms with Crippen molar-refractivity contribution in [3.05, 3.63) is 58.4 Å². The molecule has 3 aliphatic heterocycles.